The molecular formula is C9H11N3S3. The van der Waals surface area contributed by atoms with E-state index in [0.29, 0.717) is 11.8 Å². The summed E-state index contributed by atoms with van der Waals surface area (Å²) in [6, 6.07) is 4.16. The number of thioether (sulfide) groups is 1. The molecule has 0 aliphatic rings. The predicted molar refractivity (Wildman–Crippen MR) is 66.6 cm³/mol. The highest BCUT2D eigenvalue weighted by Crippen LogP contribution is 2.37. The predicted octanol–water partition coefficient (Wildman–Crippen LogP) is 2.70. The van der Waals surface area contributed by atoms with Crippen LogP contribution < -0.4 is 5.73 Å². The highest BCUT2D eigenvalue weighted by Gasteiger charge is 2.14. The Hall–Kier alpha value is -0.430. The molecule has 2 rings (SSSR count). The van der Waals surface area contributed by atoms with Crippen LogP contribution in [0.2, 0.25) is 0 Å². The fraction of sp³-hybridized carbons (Fsp3) is 0.333. The fourth-order valence-corrected chi connectivity index (χ4v) is 4.12. The van der Waals surface area contributed by atoms with Crippen molar-refractivity contribution < 1.29 is 0 Å². The average Bonchev–Trinajstić information content (AvgIpc) is 2.85. The smallest absolute Gasteiger partial charge is 0.174 e. The lowest BCUT2D eigenvalue weighted by Crippen LogP contribution is -2.07. The number of nitrogens with zero attached hydrogens (tertiary/aromatic N) is 2. The average molecular weight is 257 g/mol. The maximum absolute atomic E-state index is 5.76. The lowest BCUT2D eigenvalue weighted by Gasteiger charge is -2.09. The van der Waals surface area contributed by atoms with Crippen molar-refractivity contribution in [2.24, 2.45) is 5.73 Å². The van der Waals surface area contributed by atoms with E-state index in [0.717, 1.165) is 9.35 Å². The van der Waals surface area contributed by atoms with E-state index in [9.17, 15) is 0 Å². The minimum absolute atomic E-state index is 0.303. The molecule has 1 atom stereocenters. The van der Waals surface area contributed by atoms with Gasteiger partial charge in [0.2, 0.25) is 0 Å². The van der Waals surface area contributed by atoms with Crippen molar-refractivity contribution >= 4 is 34.4 Å². The number of aromatic nitrogens is 2. The zero-order chi connectivity index (χ0) is 10.7. The van der Waals surface area contributed by atoms with Gasteiger partial charge in [-0.05, 0) is 18.4 Å². The molecule has 0 fully saturated rings. The zero-order valence-electron chi connectivity index (χ0n) is 8.21. The topological polar surface area (TPSA) is 51.8 Å². The molecule has 0 saturated carbocycles. The Morgan fingerprint density at radius 3 is 2.93 bits per heavy atom. The quantitative estimate of drug-likeness (QED) is 0.856. The van der Waals surface area contributed by atoms with Crippen LogP contribution in [0.4, 0.5) is 0 Å². The molecule has 6 heteroatoms. The monoisotopic (exact) mass is 257 g/mol. The lowest BCUT2D eigenvalue weighted by molar-refractivity contribution is 0.942. The number of thiophene rings is 1. The van der Waals surface area contributed by atoms with Crippen LogP contribution in [0.15, 0.2) is 21.9 Å². The normalized spacial score (nSPS) is 12.9. The van der Waals surface area contributed by atoms with E-state index in [4.69, 9.17) is 5.73 Å². The van der Waals surface area contributed by atoms with Gasteiger partial charge in [-0.1, -0.05) is 29.2 Å². The van der Waals surface area contributed by atoms with Crippen LogP contribution in [-0.4, -0.2) is 16.7 Å². The van der Waals surface area contributed by atoms with Crippen LogP contribution in [0.3, 0.4) is 0 Å². The molecule has 2 N–H and O–H groups in total. The summed E-state index contributed by atoms with van der Waals surface area (Å²) in [6.45, 7) is 2.59. The first-order valence-corrected chi connectivity index (χ1v) is 7.07. The van der Waals surface area contributed by atoms with Crippen molar-refractivity contribution in [3.05, 3.63) is 27.4 Å². The molecule has 0 aliphatic carbocycles. The lowest BCUT2D eigenvalue weighted by atomic mass is 10.3. The number of aryl methyl sites for hydroxylation is 1. The van der Waals surface area contributed by atoms with E-state index < -0.39 is 0 Å². The van der Waals surface area contributed by atoms with E-state index in [-0.39, 0.29) is 0 Å². The Kier molecular flexibility index (Phi) is 3.74. The zero-order valence-corrected chi connectivity index (χ0v) is 10.7. The summed E-state index contributed by atoms with van der Waals surface area (Å²) in [4.78, 5) is 1.30. The maximum atomic E-state index is 5.76. The van der Waals surface area contributed by atoms with Crippen LogP contribution >= 0.6 is 34.4 Å². The first-order valence-electron chi connectivity index (χ1n) is 4.50. The summed E-state index contributed by atoms with van der Waals surface area (Å²) in [5.41, 5.74) is 5.76. The third-order valence-electron chi connectivity index (χ3n) is 1.83. The maximum Gasteiger partial charge on any atom is 0.174 e. The summed E-state index contributed by atoms with van der Waals surface area (Å²) in [5, 5.41) is 11.5. The Bertz CT molecular complexity index is 410. The molecule has 0 spiro atoms. The van der Waals surface area contributed by atoms with E-state index in [1.165, 1.54) is 4.88 Å². The van der Waals surface area contributed by atoms with Gasteiger partial charge in [0, 0.05) is 11.4 Å². The minimum Gasteiger partial charge on any atom is -0.329 e. The fourth-order valence-electron chi connectivity index (χ4n) is 1.14. The summed E-state index contributed by atoms with van der Waals surface area (Å²) < 4.78 is 0.997. The van der Waals surface area contributed by atoms with Gasteiger partial charge in [-0.2, -0.15) is 0 Å². The van der Waals surface area contributed by atoms with E-state index in [1.807, 2.05) is 6.92 Å². The summed E-state index contributed by atoms with van der Waals surface area (Å²) in [5.74, 6) is 0. The Labute approximate surface area is 101 Å². The van der Waals surface area contributed by atoms with Crippen molar-refractivity contribution in [3.63, 3.8) is 0 Å². The molecule has 2 aromatic rings. The largest absolute Gasteiger partial charge is 0.329 e. The van der Waals surface area contributed by atoms with Gasteiger partial charge in [0.15, 0.2) is 4.34 Å². The van der Waals surface area contributed by atoms with E-state index in [1.54, 1.807) is 34.4 Å². The Balaban J connectivity index is 2.09. The van der Waals surface area contributed by atoms with Crippen molar-refractivity contribution in [2.45, 2.75) is 16.5 Å². The summed E-state index contributed by atoms with van der Waals surface area (Å²) in [6.07, 6.45) is 0. The molecule has 0 aromatic carbocycles. The third-order valence-corrected chi connectivity index (χ3v) is 5.15. The number of hydrogen-bond donors (Lipinski definition) is 1. The standard InChI is InChI=1S/C9H11N3S3/c1-6-11-12-9(14-6)15-8(5-10)7-3-2-4-13-7/h2-4,8H,5,10H2,1H3. The van der Waals surface area contributed by atoms with Crippen molar-refractivity contribution in [2.75, 3.05) is 6.54 Å². The molecule has 0 saturated heterocycles. The molecule has 0 bridgehead atoms. The number of hydrogen-bond acceptors (Lipinski definition) is 6. The van der Waals surface area contributed by atoms with Crippen molar-refractivity contribution in [3.8, 4) is 0 Å². The van der Waals surface area contributed by atoms with Crippen LogP contribution in [-0.2, 0) is 0 Å². The molecule has 0 radical (unpaired) electrons. The Morgan fingerprint density at radius 1 is 1.53 bits per heavy atom. The SMILES string of the molecule is Cc1nnc(SC(CN)c2cccs2)s1. The van der Waals surface area contributed by atoms with Crippen LogP contribution in [0.5, 0.6) is 0 Å². The van der Waals surface area contributed by atoms with E-state index in [2.05, 4.69) is 27.7 Å². The third kappa shape index (κ3) is 2.78. The molecule has 80 valence electrons. The van der Waals surface area contributed by atoms with Gasteiger partial charge in [0.05, 0.1) is 5.25 Å². The minimum atomic E-state index is 0.303. The molecule has 15 heavy (non-hydrogen) atoms. The van der Waals surface area contributed by atoms with Gasteiger partial charge in [-0.15, -0.1) is 21.5 Å². The van der Waals surface area contributed by atoms with Gasteiger partial charge in [0.25, 0.3) is 0 Å². The highest BCUT2D eigenvalue weighted by molar-refractivity contribution is 8.01. The summed E-state index contributed by atoms with van der Waals surface area (Å²) >= 11 is 5.05. The molecule has 3 nitrogen and oxygen atoms in total. The van der Waals surface area contributed by atoms with Crippen molar-refractivity contribution in [1.29, 1.82) is 0 Å². The van der Waals surface area contributed by atoms with Crippen LogP contribution in [0.25, 0.3) is 0 Å². The second kappa shape index (κ2) is 5.07. The second-order valence-electron chi connectivity index (χ2n) is 2.94. The first-order chi connectivity index (χ1) is 7.29. The number of rotatable bonds is 4. The molecule has 2 aromatic heterocycles. The van der Waals surface area contributed by atoms with Gasteiger partial charge in [0.1, 0.15) is 5.01 Å². The van der Waals surface area contributed by atoms with Gasteiger partial charge in [-0.25, -0.2) is 0 Å². The molecule has 1 unspecified atom stereocenters. The van der Waals surface area contributed by atoms with Gasteiger partial charge in [-0.3, -0.25) is 0 Å². The van der Waals surface area contributed by atoms with Crippen LogP contribution in [0, 0.1) is 6.92 Å². The van der Waals surface area contributed by atoms with Gasteiger partial charge >= 0.3 is 0 Å². The molecule has 2 heterocycles. The van der Waals surface area contributed by atoms with Crippen LogP contribution in [0.1, 0.15) is 15.1 Å². The molecule has 0 amide bonds. The first kappa shape index (κ1) is 11.1. The van der Waals surface area contributed by atoms with Crippen molar-refractivity contribution in [1.82, 2.24) is 10.2 Å². The molecule has 0 aliphatic heterocycles. The highest BCUT2D eigenvalue weighted by atomic mass is 32.2. The Morgan fingerprint density at radius 2 is 2.40 bits per heavy atom. The summed E-state index contributed by atoms with van der Waals surface area (Å²) in [7, 11) is 0. The number of nitrogens with two attached hydrogens (primary N) is 1. The second-order valence-corrected chi connectivity index (χ2v) is 6.56. The molecular weight excluding hydrogens is 246 g/mol. The van der Waals surface area contributed by atoms with E-state index >= 15 is 0 Å². The van der Waals surface area contributed by atoms with Gasteiger partial charge < -0.3 is 5.73 Å².